The summed E-state index contributed by atoms with van der Waals surface area (Å²) < 4.78 is 0. The molecule has 3 rings (SSSR count). The molecule has 0 fully saturated rings. The molecule has 2 aromatic rings. The van der Waals surface area contributed by atoms with Gasteiger partial charge in [-0.05, 0) is 16.7 Å². The molecule has 1 heterocycles. The fraction of sp³-hybridized carbons (Fsp3) is 0.188. The Balaban J connectivity index is 1.89. The summed E-state index contributed by atoms with van der Waals surface area (Å²) in [6.45, 7) is 0.565. The molecular formula is C16H16N2O. The van der Waals surface area contributed by atoms with E-state index in [4.69, 9.17) is 5.73 Å². The van der Waals surface area contributed by atoms with E-state index in [9.17, 15) is 4.79 Å². The minimum absolute atomic E-state index is 0.0926. The Kier molecular flexibility index (Phi) is 3.05. The normalized spacial score (nSPS) is 18.3. The average Bonchev–Trinajstić information content (AvgIpc) is 2.45. The van der Waals surface area contributed by atoms with Crippen molar-refractivity contribution in [2.45, 2.75) is 19.1 Å². The second-order valence-electron chi connectivity index (χ2n) is 4.83. The van der Waals surface area contributed by atoms with E-state index in [0.717, 1.165) is 16.7 Å². The van der Waals surface area contributed by atoms with E-state index in [2.05, 4.69) is 0 Å². The average molecular weight is 252 g/mol. The van der Waals surface area contributed by atoms with Crippen LogP contribution in [-0.4, -0.2) is 10.8 Å². The Morgan fingerprint density at radius 3 is 2.53 bits per heavy atom. The second kappa shape index (κ2) is 4.86. The van der Waals surface area contributed by atoms with Crippen LogP contribution in [0.15, 0.2) is 54.6 Å². The van der Waals surface area contributed by atoms with Gasteiger partial charge in [0.25, 0.3) is 0 Å². The third-order valence-electron chi connectivity index (χ3n) is 3.57. The molecule has 0 aromatic heterocycles. The van der Waals surface area contributed by atoms with E-state index in [1.165, 1.54) is 0 Å². The van der Waals surface area contributed by atoms with Gasteiger partial charge in [-0.3, -0.25) is 4.79 Å². The molecule has 0 bridgehead atoms. The Hall–Kier alpha value is -2.13. The van der Waals surface area contributed by atoms with Crippen molar-refractivity contribution in [3.8, 4) is 0 Å². The minimum Gasteiger partial charge on any atom is -0.319 e. The lowest BCUT2D eigenvalue weighted by Gasteiger charge is -2.34. The summed E-state index contributed by atoms with van der Waals surface area (Å²) in [5, 5.41) is 0. The molecule has 2 N–H and O–H groups in total. The lowest BCUT2D eigenvalue weighted by molar-refractivity contribution is -0.134. The smallest absolute Gasteiger partial charge is 0.228 e. The summed E-state index contributed by atoms with van der Waals surface area (Å²) in [6, 6.07) is 17.8. The third-order valence-corrected chi connectivity index (χ3v) is 3.57. The van der Waals surface area contributed by atoms with E-state index in [1.807, 2.05) is 54.6 Å². The number of rotatable bonds is 2. The van der Waals surface area contributed by atoms with Crippen LogP contribution in [0.25, 0.3) is 0 Å². The van der Waals surface area contributed by atoms with Gasteiger partial charge in [0, 0.05) is 6.54 Å². The summed E-state index contributed by atoms with van der Waals surface area (Å²) in [4.78, 5) is 14.0. The minimum atomic E-state index is -0.349. The van der Waals surface area contributed by atoms with Crippen LogP contribution in [0, 0.1) is 0 Å². The molecule has 1 aliphatic heterocycles. The number of hydrogen-bond acceptors (Lipinski definition) is 2. The molecule has 0 saturated heterocycles. The highest BCUT2D eigenvalue weighted by molar-refractivity contribution is 5.81. The zero-order valence-corrected chi connectivity index (χ0v) is 10.6. The molecule has 19 heavy (non-hydrogen) atoms. The number of fused-ring (bicyclic) bond motifs is 1. The molecule has 2 aromatic carbocycles. The molecule has 0 radical (unpaired) electrons. The number of benzene rings is 2. The monoisotopic (exact) mass is 252 g/mol. The summed E-state index contributed by atoms with van der Waals surface area (Å²) in [5.41, 5.74) is 9.44. The number of carbonyl (C=O) groups excluding carboxylic acids is 1. The van der Waals surface area contributed by atoms with Crippen LogP contribution in [0.2, 0.25) is 0 Å². The molecule has 0 spiro atoms. The molecule has 1 unspecified atom stereocenters. The summed E-state index contributed by atoms with van der Waals surface area (Å²) in [6.07, 6.45) is 0.0918. The van der Waals surface area contributed by atoms with E-state index >= 15 is 0 Å². The van der Waals surface area contributed by atoms with Crippen molar-refractivity contribution in [3.05, 3.63) is 71.3 Å². The van der Waals surface area contributed by atoms with Crippen molar-refractivity contribution in [1.82, 2.24) is 4.90 Å². The number of nitrogens with two attached hydrogens (primary N) is 1. The van der Waals surface area contributed by atoms with E-state index in [0.29, 0.717) is 13.0 Å². The lowest BCUT2D eigenvalue weighted by atomic mass is 9.96. The molecule has 1 amide bonds. The molecule has 0 saturated carbocycles. The lowest BCUT2D eigenvalue weighted by Crippen LogP contribution is -2.43. The van der Waals surface area contributed by atoms with Crippen molar-refractivity contribution in [2.75, 3.05) is 0 Å². The first-order chi connectivity index (χ1) is 9.25. The highest BCUT2D eigenvalue weighted by Crippen LogP contribution is 2.27. The molecule has 3 nitrogen and oxygen atoms in total. The molecule has 1 atom stereocenters. The van der Waals surface area contributed by atoms with Gasteiger partial charge < -0.3 is 10.6 Å². The molecular weight excluding hydrogens is 236 g/mol. The fourth-order valence-corrected chi connectivity index (χ4v) is 2.54. The van der Waals surface area contributed by atoms with Gasteiger partial charge in [0.2, 0.25) is 5.91 Å². The zero-order chi connectivity index (χ0) is 13.2. The maximum absolute atomic E-state index is 12.2. The summed E-state index contributed by atoms with van der Waals surface area (Å²) in [5.74, 6) is 0.0926. The van der Waals surface area contributed by atoms with Crippen LogP contribution < -0.4 is 5.73 Å². The van der Waals surface area contributed by atoms with Crippen molar-refractivity contribution >= 4 is 5.91 Å². The van der Waals surface area contributed by atoms with E-state index in [-0.39, 0.29) is 12.1 Å². The zero-order valence-electron chi connectivity index (χ0n) is 10.6. The number of hydrogen-bond donors (Lipinski definition) is 1. The van der Waals surface area contributed by atoms with Crippen LogP contribution in [-0.2, 0) is 17.8 Å². The largest absolute Gasteiger partial charge is 0.319 e. The maximum Gasteiger partial charge on any atom is 0.228 e. The Morgan fingerprint density at radius 2 is 1.74 bits per heavy atom. The van der Waals surface area contributed by atoms with Gasteiger partial charge >= 0.3 is 0 Å². The van der Waals surface area contributed by atoms with Crippen LogP contribution in [0.1, 0.15) is 22.9 Å². The van der Waals surface area contributed by atoms with Gasteiger partial charge in [-0.2, -0.15) is 0 Å². The first-order valence-corrected chi connectivity index (χ1v) is 6.42. The van der Waals surface area contributed by atoms with E-state index in [1.54, 1.807) is 4.90 Å². The SMILES string of the molecule is NC1c2ccccc2CC(=O)N1Cc1ccccc1. The predicted octanol–water partition coefficient (Wildman–Crippen LogP) is 2.23. The number of nitrogens with zero attached hydrogens (tertiary/aromatic N) is 1. The fourth-order valence-electron chi connectivity index (χ4n) is 2.54. The molecule has 96 valence electrons. The van der Waals surface area contributed by atoms with Gasteiger partial charge in [-0.25, -0.2) is 0 Å². The van der Waals surface area contributed by atoms with Crippen molar-refractivity contribution in [3.63, 3.8) is 0 Å². The van der Waals surface area contributed by atoms with Crippen LogP contribution in [0.5, 0.6) is 0 Å². The standard InChI is InChI=1S/C16H16N2O/c17-16-14-9-5-4-8-13(14)10-15(19)18(16)11-12-6-2-1-3-7-12/h1-9,16H,10-11,17H2. The molecule has 1 aliphatic rings. The number of amides is 1. The summed E-state index contributed by atoms with van der Waals surface area (Å²) in [7, 11) is 0. The summed E-state index contributed by atoms with van der Waals surface area (Å²) >= 11 is 0. The maximum atomic E-state index is 12.2. The Labute approximate surface area is 112 Å². The van der Waals surface area contributed by atoms with Crippen LogP contribution in [0.3, 0.4) is 0 Å². The van der Waals surface area contributed by atoms with Gasteiger partial charge in [0.15, 0.2) is 0 Å². The Bertz CT molecular complexity index is 595. The first-order valence-electron chi connectivity index (χ1n) is 6.42. The van der Waals surface area contributed by atoms with Gasteiger partial charge in [0.05, 0.1) is 6.42 Å². The molecule has 0 aliphatic carbocycles. The predicted molar refractivity (Wildman–Crippen MR) is 74.1 cm³/mol. The van der Waals surface area contributed by atoms with Crippen LogP contribution in [0.4, 0.5) is 0 Å². The third kappa shape index (κ3) is 2.25. The van der Waals surface area contributed by atoms with Crippen LogP contribution >= 0.6 is 0 Å². The van der Waals surface area contributed by atoms with Crippen molar-refractivity contribution in [1.29, 1.82) is 0 Å². The highest BCUT2D eigenvalue weighted by atomic mass is 16.2. The van der Waals surface area contributed by atoms with Gasteiger partial charge in [-0.15, -0.1) is 0 Å². The van der Waals surface area contributed by atoms with Gasteiger partial charge in [0.1, 0.15) is 6.17 Å². The van der Waals surface area contributed by atoms with Crippen molar-refractivity contribution < 1.29 is 4.79 Å². The quantitative estimate of drug-likeness (QED) is 0.891. The molecule has 3 heteroatoms. The topological polar surface area (TPSA) is 46.3 Å². The first kappa shape index (κ1) is 11.9. The van der Waals surface area contributed by atoms with E-state index < -0.39 is 0 Å². The van der Waals surface area contributed by atoms with Crippen molar-refractivity contribution in [2.24, 2.45) is 5.73 Å². The highest BCUT2D eigenvalue weighted by Gasteiger charge is 2.29. The van der Waals surface area contributed by atoms with Gasteiger partial charge in [-0.1, -0.05) is 54.6 Å². The Morgan fingerprint density at radius 1 is 1.05 bits per heavy atom. The second-order valence-corrected chi connectivity index (χ2v) is 4.83. The number of carbonyl (C=O) groups is 1.